The van der Waals surface area contributed by atoms with Crippen LogP contribution in [0.4, 0.5) is 0 Å². The maximum Gasteiger partial charge on any atom is 0.334 e. The molecule has 0 fully saturated rings. The van der Waals surface area contributed by atoms with Gasteiger partial charge < -0.3 is 25.4 Å². The Labute approximate surface area is 98.6 Å². The molecule has 0 aromatic heterocycles. The molecule has 1 aromatic carbocycles. The molecule has 0 aliphatic carbocycles. The van der Waals surface area contributed by atoms with Crippen LogP contribution in [-0.4, -0.2) is 36.5 Å². The van der Waals surface area contributed by atoms with Crippen LogP contribution in [0.5, 0.6) is 11.5 Å². The second-order valence-corrected chi connectivity index (χ2v) is 3.39. The van der Waals surface area contributed by atoms with E-state index in [4.69, 9.17) is 20.3 Å². The summed E-state index contributed by atoms with van der Waals surface area (Å²) in [6.07, 6.45) is -1.70. The van der Waals surface area contributed by atoms with Crippen molar-refractivity contribution in [3.63, 3.8) is 0 Å². The number of methoxy groups -OCH3 is 2. The van der Waals surface area contributed by atoms with Crippen LogP contribution in [0.15, 0.2) is 18.2 Å². The fourth-order valence-corrected chi connectivity index (χ4v) is 1.50. The van der Waals surface area contributed by atoms with Gasteiger partial charge in [0.15, 0.2) is 17.6 Å². The molecule has 2 unspecified atom stereocenters. The Bertz CT molecular complexity index is 407. The molecule has 94 valence electrons. The SMILES string of the molecule is COc1cccc(C(N)C(O)C(=O)O)c1OC. The molecule has 2 atom stereocenters. The molecule has 1 rings (SSSR count). The molecule has 17 heavy (non-hydrogen) atoms. The van der Waals surface area contributed by atoms with Gasteiger partial charge in [-0.15, -0.1) is 0 Å². The maximum atomic E-state index is 10.7. The van der Waals surface area contributed by atoms with Crippen molar-refractivity contribution in [3.8, 4) is 11.5 Å². The van der Waals surface area contributed by atoms with Crippen LogP contribution in [-0.2, 0) is 4.79 Å². The zero-order valence-electron chi connectivity index (χ0n) is 9.58. The van der Waals surface area contributed by atoms with Crippen LogP contribution in [0.3, 0.4) is 0 Å². The molecule has 0 radical (unpaired) electrons. The molecule has 0 saturated heterocycles. The number of aliphatic carboxylic acids is 1. The number of carboxylic acids is 1. The lowest BCUT2D eigenvalue weighted by Gasteiger charge is -2.19. The largest absolute Gasteiger partial charge is 0.493 e. The number of aliphatic hydroxyl groups excluding tert-OH is 1. The van der Waals surface area contributed by atoms with Crippen LogP contribution in [0.1, 0.15) is 11.6 Å². The first-order valence-corrected chi connectivity index (χ1v) is 4.90. The van der Waals surface area contributed by atoms with Gasteiger partial charge in [-0.25, -0.2) is 4.79 Å². The Hall–Kier alpha value is -1.79. The Morgan fingerprint density at radius 3 is 2.47 bits per heavy atom. The van der Waals surface area contributed by atoms with Crippen LogP contribution in [0, 0.1) is 0 Å². The number of carboxylic acid groups (broad SMARTS) is 1. The number of carbonyl (C=O) groups is 1. The van der Waals surface area contributed by atoms with Crippen molar-refractivity contribution in [1.82, 2.24) is 0 Å². The zero-order valence-corrected chi connectivity index (χ0v) is 9.58. The molecular weight excluding hydrogens is 226 g/mol. The summed E-state index contributed by atoms with van der Waals surface area (Å²) >= 11 is 0. The van der Waals surface area contributed by atoms with E-state index in [1.807, 2.05) is 0 Å². The molecule has 0 saturated carbocycles. The smallest absolute Gasteiger partial charge is 0.334 e. The minimum Gasteiger partial charge on any atom is -0.493 e. The van der Waals surface area contributed by atoms with Crippen molar-refractivity contribution < 1.29 is 24.5 Å². The summed E-state index contributed by atoms with van der Waals surface area (Å²) in [7, 11) is 2.88. The molecule has 1 aromatic rings. The second-order valence-electron chi connectivity index (χ2n) is 3.39. The van der Waals surface area contributed by atoms with Gasteiger partial charge in [-0.05, 0) is 6.07 Å². The summed E-state index contributed by atoms with van der Waals surface area (Å²) in [4.78, 5) is 10.7. The molecule has 4 N–H and O–H groups in total. The molecule has 0 heterocycles. The normalized spacial score (nSPS) is 13.9. The van der Waals surface area contributed by atoms with Gasteiger partial charge in [-0.2, -0.15) is 0 Å². The van der Waals surface area contributed by atoms with Gasteiger partial charge >= 0.3 is 5.97 Å². The number of ether oxygens (including phenoxy) is 2. The third kappa shape index (κ3) is 2.66. The van der Waals surface area contributed by atoms with Crippen molar-refractivity contribution in [2.45, 2.75) is 12.1 Å². The summed E-state index contributed by atoms with van der Waals surface area (Å²) in [5.41, 5.74) is 6.05. The Morgan fingerprint density at radius 1 is 1.35 bits per heavy atom. The molecular formula is C11H15NO5. The Kier molecular flexibility index (Phi) is 4.30. The van der Waals surface area contributed by atoms with E-state index in [1.165, 1.54) is 14.2 Å². The molecule has 0 amide bonds. The van der Waals surface area contributed by atoms with Gasteiger partial charge in [0.05, 0.1) is 20.3 Å². The highest BCUT2D eigenvalue weighted by atomic mass is 16.5. The summed E-state index contributed by atoms with van der Waals surface area (Å²) in [5.74, 6) is -0.636. The summed E-state index contributed by atoms with van der Waals surface area (Å²) in [6, 6.07) is 3.79. The fraction of sp³-hybridized carbons (Fsp3) is 0.364. The highest BCUT2D eigenvalue weighted by molar-refractivity contribution is 5.73. The quantitative estimate of drug-likeness (QED) is 0.678. The van der Waals surface area contributed by atoms with E-state index in [1.54, 1.807) is 18.2 Å². The van der Waals surface area contributed by atoms with E-state index in [0.29, 0.717) is 17.1 Å². The van der Waals surface area contributed by atoms with Crippen molar-refractivity contribution in [3.05, 3.63) is 23.8 Å². The van der Waals surface area contributed by atoms with E-state index >= 15 is 0 Å². The second kappa shape index (κ2) is 5.51. The number of benzene rings is 1. The van der Waals surface area contributed by atoms with Gasteiger partial charge in [0.1, 0.15) is 0 Å². The monoisotopic (exact) mass is 241 g/mol. The first-order chi connectivity index (χ1) is 8.02. The lowest BCUT2D eigenvalue weighted by atomic mass is 10.0. The predicted octanol–water partition coefficient (Wildman–Crippen LogP) is 0.149. The molecule has 6 heteroatoms. The van der Waals surface area contributed by atoms with Crippen LogP contribution in [0.25, 0.3) is 0 Å². The fourth-order valence-electron chi connectivity index (χ4n) is 1.50. The predicted molar refractivity (Wildman–Crippen MR) is 60.1 cm³/mol. The maximum absolute atomic E-state index is 10.7. The third-order valence-corrected chi connectivity index (χ3v) is 2.39. The zero-order chi connectivity index (χ0) is 13.0. The van der Waals surface area contributed by atoms with Crippen LogP contribution < -0.4 is 15.2 Å². The molecule has 0 spiro atoms. The summed E-state index contributed by atoms with van der Waals surface area (Å²) < 4.78 is 10.2. The standard InChI is InChI=1S/C11H15NO5/c1-16-7-5-3-4-6(10(7)17-2)8(12)9(13)11(14)15/h3-5,8-9,13H,12H2,1-2H3,(H,14,15). The van der Waals surface area contributed by atoms with Gasteiger partial charge in [0.25, 0.3) is 0 Å². The van der Waals surface area contributed by atoms with Crippen molar-refractivity contribution >= 4 is 5.97 Å². The van der Waals surface area contributed by atoms with Crippen molar-refractivity contribution in [2.75, 3.05) is 14.2 Å². The van der Waals surface area contributed by atoms with Crippen LogP contribution in [0.2, 0.25) is 0 Å². The number of hydrogen-bond acceptors (Lipinski definition) is 5. The molecule has 6 nitrogen and oxygen atoms in total. The average molecular weight is 241 g/mol. The lowest BCUT2D eigenvalue weighted by Crippen LogP contribution is -2.33. The summed E-state index contributed by atoms with van der Waals surface area (Å²) in [6.45, 7) is 0. The van der Waals surface area contributed by atoms with Crippen molar-refractivity contribution in [1.29, 1.82) is 0 Å². The lowest BCUT2D eigenvalue weighted by molar-refractivity contribution is -0.147. The molecule has 0 aliphatic rings. The average Bonchev–Trinajstić information content (AvgIpc) is 2.35. The number of hydrogen-bond donors (Lipinski definition) is 3. The van der Waals surface area contributed by atoms with Crippen LogP contribution >= 0.6 is 0 Å². The summed E-state index contributed by atoms with van der Waals surface area (Å²) in [5, 5.41) is 18.1. The minimum atomic E-state index is -1.70. The van der Waals surface area contributed by atoms with E-state index < -0.39 is 18.1 Å². The highest BCUT2D eigenvalue weighted by Crippen LogP contribution is 2.34. The number of para-hydroxylation sites is 1. The Balaban J connectivity index is 3.17. The minimum absolute atomic E-state index is 0.322. The third-order valence-electron chi connectivity index (χ3n) is 2.39. The van der Waals surface area contributed by atoms with Gasteiger partial charge in [0, 0.05) is 5.56 Å². The van der Waals surface area contributed by atoms with Gasteiger partial charge in [0.2, 0.25) is 0 Å². The van der Waals surface area contributed by atoms with E-state index in [-0.39, 0.29) is 0 Å². The Morgan fingerprint density at radius 2 is 2.00 bits per heavy atom. The topological polar surface area (TPSA) is 102 Å². The number of aliphatic hydroxyl groups is 1. The van der Waals surface area contributed by atoms with Crippen molar-refractivity contribution in [2.24, 2.45) is 5.73 Å². The first kappa shape index (κ1) is 13.3. The molecule has 0 bridgehead atoms. The van der Waals surface area contributed by atoms with Gasteiger partial charge in [-0.1, -0.05) is 12.1 Å². The molecule has 0 aliphatic heterocycles. The first-order valence-electron chi connectivity index (χ1n) is 4.90. The van der Waals surface area contributed by atoms with E-state index in [9.17, 15) is 9.90 Å². The highest BCUT2D eigenvalue weighted by Gasteiger charge is 2.27. The number of nitrogens with two attached hydrogens (primary N) is 1. The van der Waals surface area contributed by atoms with E-state index in [2.05, 4.69) is 0 Å². The van der Waals surface area contributed by atoms with Gasteiger partial charge in [-0.3, -0.25) is 0 Å². The number of rotatable bonds is 5. The van der Waals surface area contributed by atoms with E-state index in [0.717, 1.165) is 0 Å².